The Morgan fingerprint density at radius 3 is 2.81 bits per heavy atom. The molecule has 1 heterocycles. The lowest BCUT2D eigenvalue weighted by atomic mass is 9.83. The second kappa shape index (κ2) is 6.86. The van der Waals surface area contributed by atoms with E-state index in [9.17, 15) is 0 Å². The van der Waals surface area contributed by atoms with E-state index in [0.29, 0.717) is 0 Å². The van der Waals surface area contributed by atoms with Crippen LogP contribution in [0.3, 0.4) is 0 Å². The lowest BCUT2D eigenvalue weighted by molar-refractivity contribution is 0.398. The highest BCUT2D eigenvalue weighted by Gasteiger charge is 2.17. The molecule has 0 amide bonds. The average molecular weight is 280 g/mol. The second-order valence-electron chi connectivity index (χ2n) is 6.01. The van der Waals surface area contributed by atoms with Gasteiger partial charge in [0.05, 0.1) is 5.52 Å². The van der Waals surface area contributed by atoms with Crippen LogP contribution in [0.5, 0.6) is 0 Å². The summed E-state index contributed by atoms with van der Waals surface area (Å²) in [5, 5.41) is 4.57. The van der Waals surface area contributed by atoms with Crippen LogP contribution < -0.4 is 5.32 Å². The van der Waals surface area contributed by atoms with Crippen LogP contribution in [-0.4, -0.2) is 18.6 Å². The van der Waals surface area contributed by atoms with Crippen molar-refractivity contribution >= 4 is 17.0 Å². The molecule has 1 saturated carbocycles. The van der Waals surface area contributed by atoms with Crippen LogP contribution in [0, 0.1) is 5.92 Å². The van der Waals surface area contributed by atoms with Crippen molar-refractivity contribution in [1.82, 2.24) is 10.3 Å². The zero-order chi connectivity index (χ0) is 14.5. The predicted octanol–water partition coefficient (Wildman–Crippen LogP) is 4.42. The van der Waals surface area contributed by atoms with Crippen molar-refractivity contribution in [2.24, 2.45) is 5.92 Å². The van der Waals surface area contributed by atoms with E-state index in [1.165, 1.54) is 48.6 Å². The fourth-order valence-corrected chi connectivity index (χ4v) is 3.43. The van der Waals surface area contributed by atoms with E-state index in [2.05, 4.69) is 40.6 Å². The topological polar surface area (TPSA) is 24.9 Å². The number of hydrogen-bond acceptors (Lipinski definition) is 2. The van der Waals surface area contributed by atoms with Crippen LogP contribution in [0.1, 0.15) is 37.7 Å². The van der Waals surface area contributed by atoms with Gasteiger partial charge < -0.3 is 5.32 Å². The molecule has 0 radical (unpaired) electrons. The maximum Gasteiger partial charge on any atom is 0.0774 e. The Labute approximate surface area is 127 Å². The Morgan fingerprint density at radius 2 is 2.00 bits per heavy atom. The van der Waals surface area contributed by atoms with E-state index >= 15 is 0 Å². The minimum Gasteiger partial charge on any atom is -0.316 e. The molecule has 1 aliphatic rings. The molecule has 1 aliphatic carbocycles. The van der Waals surface area contributed by atoms with E-state index < -0.39 is 0 Å². The van der Waals surface area contributed by atoms with Gasteiger partial charge in [0.2, 0.25) is 0 Å². The number of rotatable bonds is 4. The Bertz CT molecular complexity index is 619. The first-order valence-electron chi connectivity index (χ1n) is 8.07. The zero-order valence-corrected chi connectivity index (χ0v) is 12.8. The normalized spacial score (nSPS) is 17.3. The van der Waals surface area contributed by atoms with Crippen molar-refractivity contribution in [2.75, 3.05) is 13.6 Å². The fraction of sp³-hybridized carbons (Fsp3) is 0.421. The highest BCUT2D eigenvalue weighted by atomic mass is 14.8. The van der Waals surface area contributed by atoms with Crippen LogP contribution in [0.15, 0.2) is 42.1 Å². The maximum absolute atomic E-state index is 4.57. The number of pyridine rings is 1. The number of benzene rings is 1. The number of aromatic nitrogens is 1. The Morgan fingerprint density at radius 1 is 1.19 bits per heavy atom. The highest BCUT2D eigenvalue weighted by Crippen LogP contribution is 2.31. The molecule has 1 N–H and O–H groups in total. The van der Waals surface area contributed by atoms with Crippen molar-refractivity contribution < 1.29 is 0 Å². The fourth-order valence-electron chi connectivity index (χ4n) is 3.43. The van der Waals surface area contributed by atoms with Crippen molar-refractivity contribution in [3.63, 3.8) is 0 Å². The molecule has 1 aromatic carbocycles. The Hall–Kier alpha value is -1.67. The van der Waals surface area contributed by atoms with Gasteiger partial charge >= 0.3 is 0 Å². The Balaban J connectivity index is 1.98. The van der Waals surface area contributed by atoms with Gasteiger partial charge in [0.15, 0.2) is 0 Å². The number of hydrogen-bond donors (Lipinski definition) is 1. The van der Waals surface area contributed by atoms with Crippen LogP contribution in [0.25, 0.3) is 17.0 Å². The quantitative estimate of drug-likeness (QED) is 0.897. The summed E-state index contributed by atoms with van der Waals surface area (Å²) in [5.41, 5.74) is 3.91. The molecule has 2 aromatic rings. The largest absolute Gasteiger partial charge is 0.316 e. The monoisotopic (exact) mass is 280 g/mol. The van der Waals surface area contributed by atoms with E-state index in [-0.39, 0.29) is 0 Å². The lowest BCUT2D eigenvalue weighted by Crippen LogP contribution is -2.19. The summed E-state index contributed by atoms with van der Waals surface area (Å²) in [4.78, 5) is 4.57. The van der Waals surface area contributed by atoms with Crippen LogP contribution in [0.4, 0.5) is 0 Å². The molecule has 2 heteroatoms. The third-order valence-electron chi connectivity index (χ3n) is 4.52. The molecule has 21 heavy (non-hydrogen) atoms. The van der Waals surface area contributed by atoms with Crippen LogP contribution in [0.2, 0.25) is 0 Å². The molecular weight excluding hydrogens is 256 g/mol. The molecule has 0 unspecified atom stereocenters. The molecule has 0 spiro atoms. The smallest absolute Gasteiger partial charge is 0.0774 e. The molecule has 0 saturated heterocycles. The molecule has 2 nitrogen and oxygen atoms in total. The summed E-state index contributed by atoms with van der Waals surface area (Å²) in [6, 6.07) is 10.6. The van der Waals surface area contributed by atoms with E-state index in [0.717, 1.165) is 18.0 Å². The van der Waals surface area contributed by atoms with Gasteiger partial charge in [0.1, 0.15) is 0 Å². The van der Waals surface area contributed by atoms with Gasteiger partial charge in [-0.05, 0) is 31.9 Å². The number of nitrogens with zero attached hydrogens (tertiary/aromatic N) is 1. The minimum atomic E-state index is 0.741. The summed E-state index contributed by atoms with van der Waals surface area (Å²) >= 11 is 0. The van der Waals surface area contributed by atoms with Crippen molar-refractivity contribution in [3.8, 4) is 0 Å². The van der Waals surface area contributed by atoms with Gasteiger partial charge in [0, 0.05) is 23.7 Å². The molecule has 1 aromatic heterocycles. The number of fused-ring (bicyclic) bond motifs is 1. The maximum atomic E-state index is 4.57. The standard InChI is InChI=1S/C19H24N2/c1-20-14-18(15-7-3-2-4-8-15)13-17-10-5-9-16-11-6-12-21-19(16)17/h5-6,9-13,15,20H,2-4,7-8,14H2,1H3/b18-13-. The van der Waals surface area contributed by atoms with Gasteiger partial charge in [-0.1, -0.05) is 55.2 Å². The van der Waals surface area contributed by atoms with Gasteiger partial charge in [-0.15, -0.1) is 0 Å². The van der Waals surface area contributed by atoms with E-state index in [1.807, 2.05) is 19.3 Å². The second-order valence-corrected chi connectivity index (χ2v) is 6.01. The average Bonchev–Trinajstić information content (AvgIpc) is 2.55. The van der Waals surface area contributed by atoms with E-state index in [1.54, 1.807) is 0 Å². The molecule has 1 fully saturated rings. The molecule has 3 rings (SSSR count). The lowest BCUT2D eigenvalue weighted by Gasteiger charge is -2.24. The third-order valence-corrected chi connectivity index (χ3v) is 4.52. The summed E-state index contributed by atoms with van der Waals surface area (Å²) in [6.07, 6.45) is 11.1. The summed E-state index contributed by atoms with van der Waals surface area (Å²) < 4.78 is 0. The van der Waals surface area contributed by atoms with Gasteiger partial charge in [-0.3, -0.25) is 4.98 Å². The summed E-state index contributed by atoms with van der Waals surface area (Å²) in [5.74, 6) is 0.741. The number of para-hydroxylation sites is 1. The first-order chi connectivity index (χ1) is 10.4. The first-order valence-corrected chi connectivity index (χ1v) is 8.07. The molecule has 0 atom stereocenters. The summed E-state index contributed by atoms with van der Waals surface area (Å²) in [6.45, 7) is 0.980. The molecule has 110 valence electrons. The zero-order valence-electron chi connectivity index (χ0n) is 12.8. The van der Waals surface area contributed by atoms with Crippen molar-refractivity contribution in [2.45, 2.75) is 32.1 Å². The SMILES string of the molecule is CNC/C(=C/c1cccc2cccnc12)C1CCCCC1. The molecule has 0 bridgehead atoms. The summed E-state index contributed by atoms with van der Waals surface area (Å²) in [7, 11) is 2.04. The third kappa shape index (κ3) is 3.33. The molecule has 0 aliphatic heterocycles. The first kappa shape index (κ1) is 14.3. The Kier molecular flexibility index (Phi) is 4.66. The van der Waals surface area contributed by atoms with Crippen LogP contribution in [-0.2, 0) is 0 Å². The molecular formula is C19H24N2. The van der Waals surface area contributed by atoms with Crippen molar-refractivity contribution in [1.29, 1.82) is 0 Å². The van der Waals surface area contributed by atoms with Gasteiger partial charge in [-0.25, -0.2) is 0 Å². The van der Waals surface area contributed by atoms with Gasteiger partial charge in [-0.2, -0.15) is 0 Å². The minimum absolute atomic E-state index is 0.741. The number of nitrogens with one attached hydrogen (secondary N) is 1. The number of likely N-dealkylation sites (N-methyl/N-ethyl adjacent to an activating group) is 1. The van der Waals surface area contributed by atoms with Crippen LogP contribution >= 0.6 is 0 Å². The van der Waals surface area contributed by atoms with Gasteiger partial charge in [0.25, 0.3) is 0 Å². The predicted molar refractivity (Wildman–Crippen MR) is 90.2 cm³/mol. The van der Waals surface area contributed by atoms with E-state index in [4.69, 9.17) is 0 Å². The highest BCUT2D eigenvalue weighted by molar-refractivity contribution is 5.87. The van der Waals surface area contributed by atoms with Crippen molar-refractivity contribution in [3.05, 3.63) is 47.7 Å².